The summed E-state index contributed by atoms with van der Waals surface area (Å²) in [5, 5.41) is 3.53. The third kappa shape index (κ3) is 3.73. The number of hydrogen-bond acceptors (Lipinski definition) is 2. The molecule has 0 aromatic heterocycles. The lowest BCUT2D eigenvalue weighted by atomic mass is 9.95. The second-order valence-electron chi connectivity index (χ2n) is 6.40. The first-order valence-corrected chi connectivity index (χ1v) is 7.64. The summed E-state index contributed by atoms with van der Waals surface area (Å²) in [5.41, 5.74) is 2.86. The fraction of sp³-hybridized carbons (Fsp3) is 0.647. The van der Waals surface area contributed by atoms with Gasteiger partial charge in [-0.1, -0.05) is 45.9 Å². The second kappa shape index (κ2) is 6.42. The molecule has 0 amide bonds. The zero-order chi connectivity index (χ0) is 13.8. The predicted octanol–water partition coefficient (Wildman–Crippen LogP) is 3.67. The van der Waals surface area contributed by atoms with Gasteiger partial charge in [0.1, 0.15) is 0 Å². The second-order valence-corrected chi connectivity index (χ2v) is 6.40. The van der Waals surface area contributed by atoms with E-state index in [2.05, 4.69) is 62.2 Å². The third-order valence-electron chi connectivity index (χ3n) is 4.20. The molecule has 1 unspecified atom stereocenters. The van der Waals surface area contributed by atoms with Crippen LogP contribution in [0.2, 0.25) is 0 Å². The Morgan fingerprint density at radius 2 is 1.95 bits per heavy atom. The molecule has 1 aromatic rings. The normalized spacial score (nSPS) is 19.7. The van der Waals surface area contributed by atoms with Crippen LogP contribution in [0.5, 0.6) is 0 Å². The van der Waals surface area contributed by atoms with Crippen molar-refractivity contribution in [3.05, 3.63) is 29.8 Å². The van der Waals surface area contributed by atoms with Gasteiger partial charge >= 0.3 is 0 Å². The van der Waals surface area contributed by atoms with Gasteiger partial charge in [-0.2, -0.15) is 0 Å². The summed E-state index contributed by atoms with van der Waals surface area (Å²) in [6, 6.07) is 9.39. The highest BCUT2D eigenvalue weighted by molar-refractivity contribution is 5.54. The monoisotopic (exact) mass is 260 g/mol. The number of anilines is 1. The van der Waals surface area contributed by atoms with Crippen molar-refractivity contribution in [1.82, 2.24) is 5.32 Å². The molecule has 1 fully saturated rings. The Morgan fingerprint density at radius 1 is 1.21 bits per heavy atom. The molecule has 2 heteroatoms. The van der Waals surface area contributed by atoms with Gasteiger partial charge in [-0.25, -0.2) is 0 Å². The smallest absolute Gasteiger partial charge is 0.0411 e. The molecule has 1 saturated heterocycles. The molecule has 1 aliphatic heterocycles. The van der Waals surface area contributed by atoms with Gasteiger partial charge in [-0.05, 0) is 29.9 Å². The van der Waals surface area contributed by atoms with E-state index in [0.29, 0.717) is 6.04 Å². The number of para-hydroxylation sites is 1. The Morgan fingerprint density at radius 3 is 2.58 bits per heavy atom. The third-order valence-corrected chi connectivity index (χ3v) is 4.20. The van der Waals surface area contributed by atoms with Gasteiger partial charge in [-0.3, -0.25) is 0 Å². The van der Waals surface area contributed by atoms with E-state index in [1.165, 1.54) is 30.8 Å². The number of nitrogens with one attached hydrogen (secondary N) is 1. The van der Waals surface area contributed by atoms with Crippen LogP contribution in [-0.2, 0) is 6.54 Å². The van der Waals surface area contributed by atoms with Crippen molar-refractivity contribution in [3.63, 3.8) is 0 Å². The minimum atomic E-state index is 0.537. The summed E-state index contributed by atoms with van der Waals surface area (Å²) in [7, 11) is 0. The number of nitrogens with zero attached hydrogens (tertiary/aromatic N) is 1. The molecule has 1 aliphatic rings. The Hall–Kier alpha value is -1.02. The molecule has 1 N–H and O–H groups in total. The maximum absolute atomic E-state index is 3.53. The minimum Gasteiger partial charge on any atom is -0.371 e. The van der Waals surface area contributed by atoms with Crippen molar-refractivity contribution in [2.75, 3.05) is 18.0 Å². The summed E-state index contributed by atoms with van der Waals surface area (Å²) in [5.74, 6) is 1.65. The first kappa shape index (κ1) is 14.4. The van der Waals surface area contributed by atoms with Crippen LogP contribution < -0.4 is 10.2 Å². The van der Waals surface area contributed by atoms with E-state index in [1.54, 1.807) is 0 Å². The lowest BCUT2D eigenvalue weighted by Crippen LogP contribution is -2.26. The van der Waals surface area contributed by atoms with Gasteiger partial charge < -0.3 is 10.2 Å². The van der Waals surface area contributed by atoms with Gasteiger partial charge in [0.05, 0.1) is 0 Å². The Kier molecular flexibility index (Phi) is 4.87. The van der Waals surface area contributed by atoms with Crippen LogP contribution >= 0.6 is 0 Å². The highest BCUT2D eigenvalue weighted by Crippen LogP contribution is 2.30. The Labute approximate surface area is 118 Å². The average Bonchev–Trinajstić information content (AvgIpc) is 2.86. The van der Waals surface area contributed by atoms with Crippen LogP contribution in [0.25, 0.3) is 0 Å². The van der Waals surface area contributed by atoms with E-state index in [9.17, 15) is 0 Å². The first-order valence-electron chi connectivity index (χ1n) is 7.64. The van der Waals surface area contributed by atoms with Gasteiger partial charge in [-0.15, -0.1) is 0 Å². The Balaban J connectivity index is 2.07. The maximum Gasteiger partial charge on any atom is 0.0411 e. The van der Waals surface area contributed by atoms with Crippen molar-refractivity contribution >= 4 is 5.69 Å². The SMILES string of the molecule is CC(C)NCc1ccccc1N1CCC(C(C)C)C1. The fourth-order valence-corrected chi connectivity index (χ4v) is 2.83. The van der Waals surface area contributed by atoms with Crippen molar-refractivity contribution in [2.24, 2.45) is 11.8 Å². The lowest BCUT2D eigenvalue weighted by molar-refractivity contribution is 0.422. The van der Waals surface area contributed by atoms with E-state index >= 15 is 0 Å². The molecular formula is C17H28N2. The zero-order valence-corrected chi connectivity index (χ0v) is 12.8. The lowest BCUT2D eigenvalue weighted by Gasteiger charge is -2.23. The highest BCUT2D eigenvalue weighted by atomic mass is 15.2. The number of rotatable bonds is 5. The molecule has 2 rings (SSSR count). The van der Waals surface area contributed by atoms with E-state index in [0.717, 1.165) is 18.4 Å². The average molecular weight is 260 g/mol. The molecule has 1 heterocycles. The van der Waals surface area contributed by atoms with Gasteiger partial charge in [0.15, 0.2) is 0 Å². The topological polar surface area (TPSA) is 15.3 Å². The highest BCUT2D eigenvalue weighted by Gasteiger charge is 2.25. The van der Waals surface area contributed by atoms with Gasteiger partial charge in [0, 0.05) is 31.4 Å². The maximum atomic E-state index is 3.53. The van der Waals surface area contributed by atoms with Crippen LogP contribution in [0.3, 0.4) is 0 Å². The van der Waals surface area contributed by atoms with E-state index in [4.69, 9.17) is 0 Å². The summed E-state index contributed by atoms with van der Waals surface area (Å²) in [6.07, 6.45) is 1.34. The quantitative estimate of drug-likeness (QED) is 0.869. The van der Waals surface area contributed by atoms with Crippen molar-refractivity contribution in [2.45, 2.75) is 46.7 Å². The Bertz CT molecular complexity index is 398. The molecule has 19 heavy (non-hydrogen) atoms. The minimum absolute atomic E-state index is 0.537. The fourth-order valence-electron chi connectivity index (χ4n) is 2.83. The van der Waals surface area contributed by atoms with Crippen LogP contribution in [-0.4, -0.2) is 19.1 Å². The molecule has 1 aromatic carbocycles. The van der Waals surface area contributed by atoms with Crippen molar-refractivity contribution in [3.8, 4) is 0 Å². The largest absolute Gasteiger partial charge is 0.371 e. The molecule has 2 nitrogen and oxygen atoms in total. The van der Waals surface area contributed by atoms with Gasteiger partial charge in [0.25, 0.3) is 0 Å². The molecule has 0 saturated carbocycles. The van der Waals surface area contributed by atoms with E-state index in [-0.39, 0.29) is 0 Å². The molecule has 106 valence electrons. The standard InChI is InChI=1S/C17H28N2/c1-13(2)16-9-10-19(12-16)17-8-6-5-7-15(17)11-18-14(3)4/h5-8,13-14,16,18H,9-12H2,1-4H3. The van der Waals surface area contributed by atoms with Crippen molar-refractivity contribution in [1.29, 1.82) is 0 Å². The van der Waals surface area contributed by atoms with Crippen LogP contribution in [0.4, 0.5) is 5.69 Å². The number of hydrogen-bond donors (Lipinski definition) is 1. The zero-order valence-electron chi connectivity index (χ0n) is 12.8. The van der Waals surface area contributed by atoms with Crippen LogP contribution in [0, 0.1) is 11.8 Å². The number of benzene rings is 1. The summed E-state index contributed by atoms with van der Waals surface area (Å²) < 4.78 is 0. The molecule has 0 bridgehead atoms. The molecule has 1 atom stereocenters. The predicted molar refractivity (Wildman–Crippen MR) is 83.6 cm³/mol. The van der Waals surface area contributed by atoms with E-state index < -0.39 is 0 Å². The summed E-state index contributed by atoms with van der Waals surface area (Å²) in [4.78, 5) is 2.57. The van der Waals surface area contributed by atoms with Crippen LogP contribution in [0.15, 0.2) is 24.3 Å². The summed E-state index contributed by atoms with van der Waals surface area (Å²) >= 11 is 0. The van der Waals surface area contributed by atoms with Crippen LogP contribution in [0.1, 0.15) is 39.7 Å². The molecule has 0 aliphatic carbocycles. The molecular weight excluding hydrogens is 232 g/mol. The molecule has 0 radical (unpaired) electrons. The van der Waals surface area contributed by atoms with Gasteiger partial charge in [0.2, 0.25) is 0 Å². The van der Waals surface area contributed by atoms with E-state index in [1.807, 2.05) is 0 Å². The van der Waals surface area contributed by atoms with Crippen molar-refractivity contribution < 1.29 is 0 Å². The first-order chi connectivity index (χ1) is 9.08. The summed E-state index contributed by atoms with van der Waals surface area (Å²) in [6.45, 7) is 12.5. The molecule has 0 spiro atoms.